The number of likely N-dealkylation sites (tertiary alicyclic amines) is 1. The topological polar surface area (TPSA) is 88.1 Å². The zero-order chi connectivity index (χ0) is 18.4. The van der Waals surface area contributed by atoms with Crippen molar-refractivity contribution in [1.82, 2.24) is 10.2 Å². The number of piperidine rings is 1. The van der Waals surface area contributed by atoms with Crippen LogP contribution in [0.2, 0.25) is 0 Å². The van der Waals surface area contributed by atoms with Gasteiger partial charge >= 0.3 is 13.7 Å². The van der Waals surface area contributed by atoms with Crippen LogP contribution in [-0.2, 0) is 13.8 Å². The van der Waals surface area contributed by atoms with E-state index in [0.717, 1.165) is 12.8 Å². The van der Waals surface area contributed by atoms with E-state index in [0.29, 0.717) is 26.1 Å². The van der Waals surface area contributed by atoms with E-state index in [2.05, 4.69) is 5.32 Å². The molecule has 0 saturated carbocycles. The van der Waals surface area contributed by atoms with Crippen LogP contribution >= 0.6 is 7.60 Å². The van der Waals surface area contributed by atoms with Gasteiger partial charge in [0, 0.05) is 25.7 Å². The van der Waals surface area contributed by atoms with Gasteiger partial charge in [0.25, 0.3) is 0 Å². The Balaban J connectivity index is 2.27. The van der Waals surface area contributed by atoms with Crippen LogP contribution in [0.5, 0.6) is 0 Å². The van der Waals surface area contributed by atoms with Crippen LogP contribution in [0.4, 0.5) is 4.79 Å². The highest BCUT2D eigenvalue weighted by molar-refractivity contribution is 7.52. The molecule has 2 atom stereocenters. The predicted octanol–water partition coefficient (Wildman–Crippen LogP) is 2.98. The van der Waals surface area contributed by atoms with Crippen molar-refractivity contribution in [3.05, 3.63) is 0 Å². The summed E-state index contributed by atoms with van der Waals surface area (Å²) in [6.45, 7) is 11.0. The number of hydrogen-bond acceptors (Lipinski definition) is 5. The summed E-state index contributed by atoms with van der Waals surface area (Å²) in [6.07, 6.45) is 1.94. The van der Waals surface area contributed by atoms with E-state index in [9.17, 15) is 14.3 Å². The van der Waals surface area contributed by atoms with Gasteiger partial charge in [-0.05, 0) is 47.0 Å². The molecule has 1 heterocycles. The van der Waals surface area contributed by atoms with Gasteiger partial charge < -0.3 is 24.4 Å². The van der Waals surface area contributed by atoms with Crippen molar-refractivity contribution in [3.8, 4) is 0 Å². The number of amides is 1. The molecule has 0 aromatic heterocycles. The summed E-state index contributed by atoms with van der Waals surface area (Å²) in [4.78, 5) is 23.5. The quantitative estimate of drug-likeness (QED) is 0.675. The van der Waals surface area contributed by atoms with E-state index in [1.807, 2.05) is 27.7 Å². The minimum atomic E-state index is -3.53. The highest BCUT2D eigenvalue weighted by Crippen LogP contribution is 2.42. The normalized spacial score (nSPS) is 20.5. The van der Waals surface area contributed by atoms with E-state index in [4.69, 9.17) is 9.26 Å². The first-order chi connectivity index (χ1) is 11.0. The Hall–Kier alpha value is -0.620. The first kappa shape index (κ1) is 21.4. The fourth-order valence-corrected chi connectivity index (χ4v) is 3.64. The number of hydrogen-bond donors (Lipinski definition) is 2. The van der Waals surface area contributed by atoms with Crippen molar-refractivity contribution in [2.24, 2.45) is 0 Å². The third-order valence-electron chi connectivity index (χ3n) is 3.89. The fraction of sp³-hybridized carbons (Fsp3) is 0.938. The minimum absolute atomic E-state index is 0.101. The lowest BCUT2D eigenvalue weighted by Crippen LogP contribution is -2.47. The number of carbonyl (C=O) groups is 1. The molecule has 8 heteroatoms. The maximum Gasteiger partial charge on any atom is 0.410 e. The van der Waals surface area contributed by atoms with E-state index in [-0.39, 0.29) is 24.4 Å². The molecule has 0 aromatic rings. The number of carbonyl (C=O) groups excluding carboxylic acids is 1. The maximum atomic E-state index is 12.0. The molecule has 1 rings (SSSR count). The number of rotatable bonds is 7. The van der Waals surface area contributed by atoms with E-state index in [1.54, 1.807) is 11.8 Å². The molecule has 24 heavy (non-hydrogen) atoms. The summed E-state index contributed by atoms with van der Waals surface area (Å²) < 4.78 is 22.5. The summed E-state index contributed by atoms with van der Waals surface area (Å²) in [6, 6.07) is 0.243. The van der Waals surface area contributed by atoms with Crippen molar-refractivity contribution < 1.29 is 23.5 Å². The van der Waals surface area contributed by atoms with Gasteiger partial charge in [-0.2, -0.15) is 0 Å². The number of nitrogens with one attached hydrogen (secondary N) is 1. The predicted molar refractivity (Wildman–Crippen MR) is 94.4 cm³/mol. The molecule has 0 aliphatic carbocycles. The van der Waals surface area contributed by atoms with Gasteiger partial charge in [-0.25, -0.2) is 4.79 Å². The molecule has 1 fully saturated rings. The van der Waals surface area contributed by atoms with Gasteiger partial charge in [0.2, 0.25) is 0 Å². The molecule has 0 radical (unpaired) electrons. The molecular weight excluding hydrogens is 331 g/mol. The van der Waals surface area contributed by atoms with Crippen molar-refractivity contribution in [3.63, 3.8) is 0 Å². The summed E-state index contributed by atoms with van der Waals surface area (Å²) in [5.74, 6) is 0. The molecule has 1 aliphatic rings. The van der Waals surface area contributed by atoms with Crippen molar-refractivity contribution in [2.75, 3.05) is 25.8 Å². The Morgan fingerprint density at radius 2 is 1.96 bits per heavy atom. The van der Waals surface area contributed by atoms with E-state index < -0.39 is 13.2 Å². The third-order valence-corrected chi connectivity index (χ3v) is 5.37. The Bertz CT molecular complexity index is 444. The molecule has 2 N–H and O–H groups in total. The molecular formula is C16H33N2O5P. The lowest BCUT2D eigenvalue weighted by atomic mass is 10.1. The smallest absolute Gasteiger partial charge is 0.410 e. The van der Waals surface area contributed by atoms with E-state index in [1.165, 1.54) is 0 Å². The monoisotopic (exact) mass is 364 g/mol. The summed E-state index contributed by atoms with van der Waals surface area (Å²) in [5.41, 5.74) is -0.482. The van der Waals surface area contributed by atoms with Crippen LogP contribution in [-0.4, -0.2) is 59.4 Å². The van der Waals surface area contributed by atoms with Gasteiger partial charge in [-0.3, -0.25) is 4.57 Å². The average molecular weight is 364 g/mol. The first-order valence-electron chi connectivity index (χ1n) is 8.74. The van der Waals surface area contributed by atoms with Gasteiger partial charge in [0.1, 0.15) is 5.60 Å². The van der Waals surface area contributed by atoms with Crippen LogP contribution in [0.1, 0.15) is 53.9 Å². The van der Waals surface area contributed by atoms with Crippen LogP contribution < -0.4 is 5.32 Å². The molecule has 1 saturated heterocycles. The van der Waals surface area contributed by atoms with Crippen molar-refractivity contribution >= 4 is 13.7 Å². The highest BCUT2D eigenvalue weighted by atomic mass is 31.2. The first-order valence-corrected chi connectivity index (χ1v) is 10.5. The third kappa shape index (κ3) is 8.47. The van der Waals surface area contributed by atoms with Crippen LogP contribution in [0.3, 0.4) is 0 Å². The molecule has 1 amide bonds. The Morgan fingerprint density at radius 1 is 1.38 bits per heavy atom. The second-order valence-corrected chi connectivity index (χ2v) is 9.31. The lowest BCUT2D eigenvalue weighted by Gasteiger charge is -2.33. The zero-order valence-corrected chi connectivity index (χ0v) is 16.5. The largest absolute Gasteiger partial charge is 0.444 e. The van der Waals surface area contributed by atoms with Gasteiger partial charge in [0.05, 0.1) is 12.3 Å². The average Bonchev–Trinajstić information content (AvgIpc) is 2.45. The lowest BCUT2D eigenvalue weighted by molar-refractivity contribution is 0.0199. The number of ether oxygens (including phenoxy) is 1. The fourth-order valence-electron chi connectivity index (χ4n) is 2.41. The molecule has 0 bridgehead atoms. The van der Waals surface area contributed by atoms with Gasteiger partial charge in [-0.1, -0.05) is 6.92 Å². The summed E-state index contributed by atoms with van der Waals surface area (Å²) in [7, 11) is -3.53. The SMILES string of the molecule is CCC(C)OP(=O)(O)CCNC1CCN(C(=O)OC(C)(C)C)CC1. The maximum absolute atomic E-state index is 12.0. The zero-order valence-electron chi connectivity index (χ0n) is 15.6. The second-order valence-electron chi connectivity index (χ2n) is 7.38. The van der Waals surface area contributed by atoms with Gasteiger partial charge in [0.15, 0.2) is 0 Å². The molecule has 7 nitrogen and oxygen atoms in total. The Labute approximate surface area is 145 Å². The Kier molecular flexibility index (Phi) is 8.20. The second kappa shape index (κ2) is 9.18. The molecule has 142 valence electrons. The Morgan fingerprint density at radius 3 is 2.46 bits per heavy atom. The minimum Gasteiger partial charge on any atom is -0.444 e. The standard InChI is InChI=1S/C16H33N2O5P/c1-6-13(2)23-24(20,21)12-9-17-14-7-10-18(11-8-14)15(19)22-16(3,4)5/h13-14,17H,6-12H2,1-5H3,(H,20,21). The molecule has 0 aromatic carbocycles. The molecule has 0 spiro atoms. The van der Waals surface area contributed by atoms with Crippen molar-refractivity contribution in [2.45, 2.75) is 71.6 Å². The summed E-state index contributed by atoms with van der Waals surface area (Å²) in [5, 5.41) is 3.29. The van der Waals surface area contributed by atoms with Gasteiger partial charge in [-0.15, -0.1) is 0 Å². The molecule has 1 aliphatic heterocycles. The van der Waals surface area contributed by atoms with Crippen LogP contribution in [0.25, 0.3) is 0 Å². The summed E-state index contributed by atoms with van der Waals surface area (Å²) >= 11 is 0. The number of nitrogens with zero attached hydrogens (tertiary/aromatic N) is 1. The van der Waals surface area contributed by atoms with Crippen molar-refractivity contribution in [1.29, 1.82) is 0 Å². The van der Waals surface area contributed by atoms with Crippen LogP contribution in [0, 0.1) is 0 Å². The molecule has 2 unspecified atom stereocenters. The van der Waals surface area contributed by atoms with Crippen LogP contribution in [0.15, 0.2) is 0 Å². The van der Waals surface area contributed by atoms with E-state index >= 15 is 0 Å². The highest BCUT2D eigenvalue weighted by Gasteiger charge is 2.27.